The quantitative estimate of drug-likeness (QED) is 0.392. The van der Waals surface area contributed by atoms with Crippen LogP contribution in [0, 0.1) is 0 Å². The number of nitrogens with one attached hydrogen (secondary N) is 1. The third-order valence-electron chi connectivity index (χ3n) is 6.27. The fourth-order valence-corrected chi connectivity index (χ4v) is 5.53. The van der Waals surface area contributed by atoms with Gasteiger partial charge in [-0.15, -0.1) is 0 Å². The molecule has 0 bridgehead atoms. The fraction of sp³-hybridized carbons (Fsp3) is 0.240. The van der Waals surface area contributed by atoms with Crippen molar-refractivity contribution in [3.05, 3.63) is 78.3 Å². The fourth-order valence-electron chi connectivity index (χ4n) is 4.34. The molecular formula is C25H27ClN6O3S. The molecule has 2 aromatic carbocycles. The number of nitrogens with zero attached hydrogens (tertiary/aromatic N) is 5. The van der Waals surface area contributed by atoms with Gasteiger partial charge in [0.15, 0.2) is 0 Å². The molecule has 1 N–H and O–H groups in total. The Hall–Kier alpha value is -3.63. The minimum atomic E-state index is -3.74. The number of piperazine rings is 1. The predicted octanol–water partition coefficient (Wildman–Crippen LogP) is 3.87. The number of rotatable bonds is 7. The lowest BCUT2D eigenvalue weighted by molar-refractivity contribution is -0.131. The van der Waals surface area contributed by atoms with Crippen LogP contribution in [0.2, 0.25) is 5.02 Å². The number of halogens is 1. The molecule has 0 spiro atoms. The van der Waals surface area contributed by atoms with Crippen molar-refractivity contribution in [2.75, 3.05) is 35.8 Å². The normalized spacial score (nSPS) is 14.2. The summed E-state index contributed by atoms with van der Waals surface area (Å²) in [5, 5.41) is 1.76. The molecule has 188 valence electrons. The molecule has 9 nitrogen and oxygen atoms in total. The van der Waals surface area contributed by atoms with E-state index in [1.54, 1.807) is 24.3 Å². The van der Waals surface area contributed by atoms with E-state index in [1.807, 2.05) is 35.4 Å². The van der Waals surface area contributed by atoms with E-state index < -0.39 is 10.0 Å². The Labute approximate surface area is 215 Å². The minimum Gasteiger partial charge on any atom is -0.368 e. The topological polar surface area (TPSA) is 100 Å². The van der Waals surface area contributed by atoms with Crippen LogP contribution in [0.5, 0.6) is 0 Å². The Kier molecular flexibility index (Phi) is 6.80. The number of benzene rings is 2. The second-order valence-corrected chi connectivity index (χ2v) is 10.6. The number of aromatic nitrogens is 3. The van der Waals surface area contributed by atoms with Crippen LogP contribution in [0.25, 0.3) is 10.9 Å². The minimum absolute atomic E-state index is 0. The lowest BCUT2D eigenvalue weighted by Gasteiger charge is -2.36. The number of amides is 1. The highest BCUT2D eigenvalue weighted by atomic mass is 35.5. The van der Waals surface area contributed by atoms with Crippen LogP contribution >= 0.6 is 11.6 Å². The number of fused-ring (bicyclic) bond motifs is 1. The van der Waals surface area contributed by atoms with Gasteiger partial charge in [0.1, 0.15) is 12.1 Å². The van der Waals surface area contributed by atoms with E-state index in [9.17, 15) is 13.2 Å². The first kappa shape index (κ1) is 24.1. The first-order valence-electron chi connectivity index (χ1n) is 11.6. The van der Waals surface area contributed by atoms with Gasteiger partial charge in [0, 0.05) is 74.6 Å². The zero-order chi connectivity index (χ0) is 25.1. The Morgan fingerprint density at radius 3 is 2.53 bits per heavy atom. The van der Waals surface area contributed by atoms with Gasteiger partial charge >= 0.3 is 0 Å². The molecule has 0 radical (unpaired) electrons. The molecule has 1 fully saturated rings. The summed E-state index contributed by atoms with van der Waals surface area (Å²) in [5.74, 6) is 0.340. The largest absolute Gasteiger partial charge is 0.368 e. The zero-order valence-corrected chi connectivity index (χ0v) is 21.0. The van der Waals surface area contributed by atoms with Gasteiger partial charge in [-0.2, -0.15) is 0 Å². The van der Waals surface area contributed by atoms with Crippen LogP contribution in [-0.4, -0.2) is 59.9 Å². The van der Waals surface area contributed by atoms with E-state index in [2.05, 4.69) is 24.2 Å². The van der Waals surface area contributed by atoms with E-state index in [0.717, 1.165) is 16.6 Å². The molecule has 1 saturated heterocycles. The van der Waals surface area contributed by atoms with Crippen LogP contribution in [0.3, 0.4) is 0 Å². The van der Waals surface area contributed by atoms with Crippen LogP contribution < -0.4 is 9.62 Å². The number of hydrogen-bond acceptors (Lipinski definition) is 6. The molecule has 0 unspecified atom stereocenters. The van der Waals surface area contributed by atoms with E-state index in [-0.39, 0.29) is 18.0 Å². The van der Waals surface area contributed by atoms with Gasteiger partial charge < -0.3 is 14.4 Å². The van der Waals surface area contributed by atoms with Gasteiger partial charge in [-0.05, 0) is 54.6 Å². The van der Waals surface area contributed by atoms with Gasteiger partial charge in [-0.3, -0.25) is 9.52 Å². The second kappa shape index (κ2) is 10.2. The highest BCUT2D eigenvalue weighted by molar-refractivity contribution is 7.92. The van der Waals surface area contributed by atoms with Crippen molar-refractivity contribution in [1.82, 2.24) is 19.4 Å². The number of carbonyl (C=O) groups excluding carboxylic acids is 1. The Morgan fingerprint density at radius 1 is 1.03 bits per heavy atom. The molecule has 4 aromatic rings. The van der Waals surface area contributed by atoms with Gasteiger partial charge in [0.05, 0.1) is 4.90 Å². The molecule has 0 saturated carbocycles. The Bertz CT molecular complexity index is 1470. The smallest absolute Gasteiger partial charge is 0.263 e. The number of sulfonamides is 1. The molecule has 11 heteroatoms. The van der Waals surface area contributed by atoms with Crippen molar-refractivity contribution in [1.29, 1.82) is 0 Å². The molecule has 0 atom stereocenters. The maximum Gasteiger partial charge on any atom is 0.263 e. The van der Waals surface area contributed by atoms with Crippen LogP contribution in [0.4, 0.5) is 11.5 Å². The molecule has 1 amide bonds. The summed E-state index contributed by atoms with van der Waals surface area (Å²) in [5.41, 5.74) is 1.98. The van der Waals surface area contributed by atoms with Gasteiger partial charge in [0.25, 0.3) is 10.0 Å². The third-order valence-corrected chi connectivity index (χ3v) is 7.87. The molecule has 5 rings (SSSR count). The van der Waals surface area contributed by atoms with Crippen LogP contribution in [0.15, 0.2) is 78.2 Å². The third kappa shape index (κ3) is 5.29. The number of hydrogen-bond donors (Lipinski definition) is 1. The molecule has 0 aliphatic carbocycles. The summed E-state index contributed by atoms with van der Waals surface area (Å²) in [6, 6.07) is 16.0. The van der Waals surface area contributed by atoms with Crippen molar-refractivity contribution in [3.8, 4) is 0 Å². The van der Waals surface area contributed by atoms with E-state index in [0.29, 0.717) is 44.2 Å². The van der Waals surface area contributed by atoms with Crippen molar-refractivity contribution >= 4 is 49.9 Å². The van der Waals surface area contributed by atoms with E-state index in [1.165, 1.54) is 18.6 Å². The van der Waals surface area contributed by atoms with Crippen LogP contribution in [-0.2, 0) is 21.4 Å². The van der Waals surface area contributed by atoms with Gasteiger partial charge in [-0.1, -0.05) is 11.6 Å². The van der Waals surface area contributed by atoms with E-state index in [4.69, 9.17) is 11.6 Å². The van der Waals surface area contributed by atoms with Crippen molar-refractivity contribution in [2.24, 2.45) is 0 Å². The molecule has 1 aliphatic heterocycles. The van der Waals surface area contributed by atoms with E-state index >= 15 is 0 Å². The maximum atomic E-state index is 12.8. The molecule has 2 aromatic heterocycles. The Morgan fingerprint density at radius 2 is 1.81 bits per heavy atom. The highest BCUT2D eigenvalue weighted by Gasteiger charge is 2.22. The molecular weight excluding hydrogens is 500 g/mol. The predicted molar refractivity (Wildman–Crippen MR) is 142 cm³/mol. The average Bonchev–Trinajstić information content (AvgIpc) is 3.29. The summed E-state index contributed by atoms with van der Waals surface area (Å²) in [4.78, 5) is 24.7. The first-order chi connectivity index (χ1) is 17.4. The monoisotopic (exact) mass is 526 g/mol. The zero-order valence-electron chi connectivity index (χ0n) is 19.4. The highest BCUT2D eigenvalue weighted by Crippen LogP contribution is 2.23. The average molecular weight is 527 g/mol. The SMILES string of the molecule is O=C(CCn1ccc2cc(Cl)ccc21)N1CCN(c2ccc(S(=O)(=O)Nc3ccncn3)cc2)CC1.[HH]. The Balaban J connectivity index is 0.00000320. The molecule has 36 heavy (non-hydrogen) atoms. The van der Waals surface area contributed by atoms with Gasteiger partial charge in [0.2, 0.25) is 5.91 Å². The van der Waals surface area contributed by atoms with Crippen molar-refractivity contribution in [2.45, 2.75) is 17.9 Å². The van der Waals surface area contributed by atoms with Crippen molar-refractivity contribution in [3.63, 3.8) is 0 Å². The summed E-state index contributed by atoms with van der Waals surface area (Å²) >= 11 is 6.06. The number of carbonyl (C=O) groups is 1. The van der Waals surface area contributed by atoms with Crippen LogP contribution in [0.1, 0.15) is 7.85 Å². The van der Waals surface area contributed by atoms with Crippen molar-refractivity contribution < 1.29 is 14.6 Å². The number of anilines is 2. The molecule has 1 aliphatic rings. The summed E-state index contributed by atoms with van der Waals surface area (Å²) < 4.78 is 29.7. The summed E-state index contributed by atoms with van der Waals surface area (Å²) in [6.07, 6.45) is 5.17. The first-order valence-corrected chi connectivity index (χ1v) is 13.4. The lowest BCUT2D eigenvalue weighted by atomic mass is 10.2. The second-order valence-electron chi connectivity index (χ2n) is 8.52. The standard InChI is InChI=1S/C25H25ClN6O3S.H2/c26-20-1-6-23-19(17-20)8-11-31(23)12-9-25(33)32-15-13-30(14-16-32)21-2-4-22(5-3-21)36(34,35)29-24-7-10-27-18-28-24;/h1-8,10-11,17-18H,9,12-16H2,(H,27,28,29);1H. The summed E-state index contributed by atoms with van der Waals surface area (Å²) in [7, 11) is -3.74. The maximum absolute atomic E-state index is 12.8. The van der Waals surface area contributed by atoms with Gasteiger partial charge in [-0.25, -0.2) is 18.4 Å². The lowest BCUT2D eigenvalue weighted by Crippen LogP contribution is -2.49. The number of aryl methyl sites for hydroxylation is 1. The summed E-state index contributed by atoms with van der Waals surface area (Å²) in [6.45, 7) is 3.22. The molecule has 3 heterocycles.